The Bertz CT molecular complexity index is 767. The molecule has 4 rings (SSSR count). The molecular formula is C21H24N2O3. The van der Waals surface area contributed by atoms with Crippen LogP contribution in [-0.2, 0) is 24.0 Å². The van der Waals surface area contributed by atoms with Gasteiger partial charge in [0.15, 0.2) is 0 Å². The number of rotatable bonds is 5. The smallest absolute Gasteiger partial charge is 0.345 e. The standard InChI is InChI=1S/C21H24N2O3/c24-21(26-20-7-5-16-2-1-3-17(16)14-20)18-4-6-19(22-15-18)8-9-23-10-12-25-13-11-23/h4-7,14-15H,1-3,8-13H2. The van der Waals surface area contributed by atoms with Crippen molar-refractivity contribution in [2.75, 3.05) is 32.8 Å². The molecule has 1 fully saturated rings. The first-order chi connectivity index (χ1) is 12.8. The van der Waals surface area contributed by atoms with Gasteiger partial charge in [0, 0.05) is 37.9 Å². The Labute approximate surface area is 153 Å². The van der Waals surface area contributed by atoms with Crippen molar-refractivity contribution in [3.8, 4) is 5.75 Å². The number of hydrogen-bond acceptors (Lipinski definition) is 5. The number of fused-ring (bicyclic) bond motifs is 1. The minimum absolute atomic E-state index is 0.352. The molecule has 5 nitrogen and oxygen atoms in total. The van der Waals surface area contributed by atoms with Crippen molar-refractivity contribution in [3.05, 3.63) is 58.9 Å². The summed E-state index contributed by atoms with van der Waals surface area (Å²) < 4.78 is 10.9. The normalized spacial score (nSPS) is 17.1. The number of pyridine rings is 1. The maximum atomic E-state index is 12.3. The number of nitrogens with zero attached hydrogens (tertiary/aromatic N) is 2. The van der Waals surface area contributed by atoms with Crippen LogP contribution in [0.15, 0.2) is 36.5 Å². The van der Waals surface area contributed by atoms with Gasteiger partial charge in [-0.1, -0.05) is 6.07 Å². The highest BCUT2D eigenvalue weighted by Gasteiger charge is 2.15. The van der Waals surface area contributed by atoms with E-state index in [1.807, 2.05) is 18.2 Å². The fraction of sp³-hybridized carbons (Fsp3) is 0.429. The molecule has 0 atom stereocenters. The molecule has 0 amide bonds. The maximum Gasteiger partial charge on any atom is 0.345 e. The number of benzene rings is 1. The number of esters is 1. The first-order valence-electron chi connectivity index (χ1n) is 9.37. The summed E-state index contributed by atoms with van der Waals surface area (Å²) in [7, 11) is 0. The summed E-state index contributed by atoms with van der Waals surface area (Å²) in [6.07, 6.45) is 5.87. The van der Waals surface area contributed by atoms with Gasteiger partial charge in [-0.15, -0.1) is 0 Å². The topological polar surface area (TPSA) is 51.7 Å². The summed E-state index contributed by atoms with van der Waals surface area (Å²) in [6.45, 7) is 4.54. The average Bonchev–Trinajstić information content (AvgIpc) is 3.15. The van der Waals surface area contributed by atoms with Crippen LogP contribution in [-0.4, -0.2) is 48.7 Å². The highest BCUT2D eigenvalue weighted by molar-refractivity contribution is 5.90. The highest BCUT2D eigenvalue weighted by atomic mass is 16.5. The first-order valence-corrected chi connectivity index (χ1v) is 9.37. The van der Waals surface area contributed by atoms with E-state index in [2.05, 4.69) is 16.0 Å². The van der Waals surface area contributed by atoms with Gasteiger partial charge in [-0.2, -0.15) is 0 Å². The lowest BCUT2D eigenvalue weighted by Crippen LogP contribution is -2.37. The molecule has 2 aliphatic rings. The van der Waals surface area contributed by atoms with Crippen LogP contribution < -0.4 is 4.74 Å². The quantitative estimate of drug-likeness (QED) is 0.612. The summed E-state index contributed by atoms with van der Waals surface area (Å²) in [4.78, 5) is 19.1. The minimum atomic E-state index is -0.352. The third kappa shape index (κ3) is 4.11. The van der Waals surface area contributed by atoms with Crippen LogP contribution in [0, 0.1) is 0 Å². The van der Waals surface area contributed by atoms with E-state index in [0.717, 1.165) is 57.8 Å². The van der Waals surface area contributed by atoms with Crippen molar-refractivity contribution >= 4 is 5.97 Å². The van der Waals surface area contributed by atoms with Crippen molar-refractivity contribution in [2.24, 2.45) is 0 Å². The maximum absolute atomic E-state index is 12.3. The van der Waals surface area contributed by atoms with E-state index in [0.29, 0.717) is 11.3 Å². The van der Waals surface area contributed by atoms with E-state index in [9.17, 15) is 4.79 Å². The second-order valence-corrected chi connectivity index (χ2v) is 6.92. The highest BCUT2D eigenvalue weighted by Crippen LogP contribution is 2.26. The summed E-state index contributed by atoms with van der Waals surface area (Å²) in [6, 6.07) is 9.66. The van der Waals surface area contributed by atoms with Gasteiger partial charge < -0.3 is 9.47 Å². The number of carbonyl (C=O) groups is 1. The number of aromatic nitrogens is 1. The second kappa shape index (κ2) is 7.98. The Hall–Kier alpha value is -2.24. The third-order valence-electron chi connectivity index (χ3n) is 5.13. The molecule has 1 saturated heterocycles. The summed E-state index contributed by atoms with van der Waals surface area (Å²) in [5.74, 6) is 0.266. The van der Waals surface area contributed by atoms with Crippen molar-refractivity contribution in [1.29, 1.82) is 0 Å². The van der Waals surface area contributed by atoms with Crippen LogP contribution in [0.3, 0.4) is 0 Å². The molecule has 1 aromatic carbocycles. The molecule has 0 bridgehead atoms. The summed E-state index contributed by atoms with van der Waals surface area (Å²) >= 11 is 0. The minimum Gasteiger partial charge on any atom is -0.423 e. The molecule has 5 heteroatoms. The lowest BCUT2D eigenvalue weighted by Gasteiger charge is -2.26. The van der Waals surface area contributed by atoms with Crippen LogP contribution in [0.1, 0.15) is 33.6 Å². The molecule has 0 unspecified atom stereocenters. The van der Waals surface area contributed by atoms with Crippen molar-refractivity contribution in [1.82, 2.24) is 9.88 Å². The number of ether oxygens (including phenoxy) is 2. The number of morpholine rings is 1. The van der Waals surface area contributed by atoms with E-state index >= 15 is 0 Å². The van der Waals surface area contributed by atoms with Gasteiger partial charge in [-0.3, -0.25) is 9.88 Å². The van der Waals surface area contributed by atoms with Crippen LogP contribution >= 0.6 is 0 Å². The Kier molecular flexibility index (Phi) is 5.27. The first kappa shape index (κ1) is 17.2. The Morgan fingerprint density at radius 3 is 2.77 bits per heavy atom. The zero-order valence-electron chi connectivity index (χ0n) is 14.9. The van der Waals surface area contributed by atoms with Crippen molar-refractivity contribution in [2.45, 2.75) is 25.7 Å². The number of carbonyl (C=O) groups excluding carboxylic acids is 1. The zero-order chi connectivity index (χ0) is 17.8. The van der Waals surface area contributed by atoms with E-state index in [1.54, 1.807) is 12.3 Å². The lowest BCUT2D eigenvalue weighted by molar-refractivity contribution is 0.0383. The summed E-state index contributed by atoms with van der Waals surface area (Å²) in [5, 5.41) is 0. The van der Waals surface area contributed by atoms with Gasteiger partial charge in [0.2, 0.25) is 0 Å². The third-order valence-corrected chi connectivity index (χ3v) is 5.13. The van der Waals surface area contributed by atoms with Crippen LogP contribution in [0.4, 0.5) is 0 Å². The Balaban J connectivity index is 1.33. The molecule has 1 aliphatic heterocycles. The predicted octanol–water partition coefficient (Wildman–Crippen LogP) is 2.66. The molecule has 1 aromatic heterocycles. The van der Waals surface area contributed by atoms with Crippen LogP contribution in [0.25, 0.3) is 0 Å². The van der Waals surface area contributed by atoms with E-state index < -0.39 is 0 Å². The van der Waals surface area contributed by atoms with Gasteiger partial charge >= 0.3 is 5.97 Å². The van der Waals surface area contributed by atoms with Crippen LogP contribution in [0.2, 0.25) is 0 Å². The molecule has 0 N–H and O–H groups in total. The Morgan fingerprint density at radius 2 is 1.96 bits per heavy atom. The lowest BCUT2D eigenvalue weighted by atomic mass is 10.1. The Morgan fingerprint density at radius 1 is 1.12 bits per heavy atom. The largest absolute Gasteiger partial charge is 0.423 e. The zero-order valence-corrected chi connectivity index (χ0v) is 14.9. The van der Waals surface area contributed by atoms with Gasteiger partial charge in [-0.05, 0) is 54.7 Å². The van der Waals surface area contributed by atoms with E-state index in [-0.39, 0.29) is 5.97 Å². The van der Waals surface area contributed by atoms with Gasteiger partial charge in [0.05, 0.1) is 18.8 Å². The number of hydrogen-bond donors (Lipinski definition) is 0. The SMILES string of the molecule is O=C(Oc1ccc2c(c1)CCC2)c1ccc(CCN2CCOCC2)nc1. The molecule has 2 aromatic rings. The second-order valence-electron chi connectivity index (χ2n) is 6.92. The van der Waals surface area contributed by atoms with Crippen molar-refractivity contribution < 1.29 is 14.3 Å². The van der Waals surface area contributed by atoms with Gasteiger partial charge in [0.25, 0.3) is 0 Å². The monoisotopic (exact) mass is 352 g/mol. The fourth-order valence-electron chi connectivity index (χ4n) is 3.57. The molecule has 0 saturated carbocycles. The van der Waals surface area contributed by atoms with Crippen LogP contribution in [0.5, 0.6) is 5.75 Å². The van der Waals surface area contributed by atoms with Gasteiger partial charge in [-0.25, -0.2) is 4.79 Å². The molecule has 0 radical (unpaired) electrons. The van der Waals surface area contributed by atoms with E-state index in [4.69, 9.17) is 9.47 Å². The van der Waals surface area contributed by atoms with Gasteiger partial charge in [0.1, 0.15) is 5.75 Å². The molecule has 0 spiro atoms. The molecule has 136 valence electrons. The summed E-state index contributed by atoms with van der Waals surface area (Å²) in [5.41, 5.74) is 4.15. The average molecular weight is 352 g/mol. The molecule has 26 heavy (non-hydrogen) atoms. The molecular weight excluding hydrogens is 328 g/mol. The molecule has 1 aliphatic carbocycles. The fourth-order valence-corrected chi connectivity index (χ4v) is 3.57. The predicted molar refractivity (Wildman–Crippen MR) is 98.6 cm³/mol. The van der Waals surface area contributed by atoms with E-state index in [1.165, 1.54) is 17.5 Å². The number of aryl methyl sites for hydroxylation is 2. The van der Waals surface area contributed by atoms with Crippen molar-refractivity contribution in [3.63, 3.8) is 0 Å². The molecule has 2 heterocycles.